The summed E-state index contributed by atoms with van der Waals surface area (Å²) in [7, 11) is 1.81. The summed E-state index contributed by atoms with van der Waals surface area (Å²) < 4.78 is 11.5. The molecule has 0 aliphatic carbocycles. The molecule has 7 nitrogen and oxygen atoms in total. The number of carbonyl (C=O) groups is 1. The average Bonchev–Trinajstić information content (AvgIpc) is 2.95. The van der Waals surface area contributed by atoms with E-state index >= 15 is 0 Å². The molecule has 0 radical (unpaired) electrons. The summed E-state index contributed by atoms with van der Waals surface area (Å²) in [4.78, 5) is 15.2. The fourth-order valence-corrected chi connectivity index (χ4v) is 3.77. The van der Waals surface area contributed by atoms with Crippen molar-refractivity contribution >= 4 is 11.6 Å². The van der Waals surface area contributed by atoms with E-state index < -0.39 is 6.10 Å². The Balaban J connectivity index is 1.62. The number of carbonyl (C=O) groups excluding carboxylic acids is 1. The molecule has 0 spiro atoms. The Bertz CT molecular complexity index is 667. The van der Waals surface area contributed by atoms with Gasteiger partial charge in [0.25, 0.3) is 5.91 Å². The van der Waals surface area contributed by atoms with Crippen LogP contribution in [-0.4, -0.2) is 68.5 Å². The Hall–Kier alpha value is -1.99. The normalized spacial score (nSPS) is 22.4. The van der Waals surface area contributed by atoms with Crippen LogP contribution in [0.5, 0.6) is 11.5 Å². The van der Waals surface area contributed by atoms with Crippen molar-refractivity contribution < 1.29 is 19.4 Å². The average molecular weight is 392 g/mol. The van der Waals surface area contributed by atoms with Gasteiger partial charge < -0.3 is 30.1 Å². The molecule has 1 amide bonds. The lowest BCUT2D eigenvalue weighted by Crippen LogP contribution is -2.47. The van der Waals surface area contributed by atoms with Crippen molar-refractivity contribution in [3.8, 4) is 11.5 Å². The highest BCUT2D eigenvalue weighted by atomic mass is 16.5. The third-order valence-electron chi connectivity index (χ3n) is 5.54. The van der Waals surface area contributed by atoms with E-state index in [0.717, 1.165) is 44.5 Å². The zero-order valence-electron chi connectivity index (χ0n) is 17.0. The van der Waals surface area contributed by atoms with E-state index in [1.807, 2.05) is 13.1 Å². The van der Waals surface area contributed by atoms with Crippen LogP contribution in [0.3, 0.4) is 0 Å². The van der Waals surface area contributed by atoms with Crippen LogP contribution in [0, 0.1) is 5.92 Å². The minimum Gasteiger partial charge on any atom is -0.489 e. The summed E-state index contributed by atoms with van der Waals surface area (Å²) in [6, 6.07) is 3.64. The number of nitrogens with zero attached hydrogens (tertiary/aromatic N) is 1. The first-order valence-electron chi connectivity index (χ1n) is 10.4. The van der Waals surface area contributed by atoms with E-state index in [-0.39, 0.29) is 11.8 Å². The smallest absolute Gasteiger partial charge is 0.255 e. The first-order valence-corrected chi connectivity index (χ1v) is 10.4. The topological polar surface area (TPSA) is 83.1 Å². The number of hydrogen-bond donors (Lipinski definition) is 3. The highest BCUT2D eigenvalue weighted by Gasteiger charge is 2.28. The van der Waals surface area contributed by atoms with Crippen LogP contribution >= 0.6 is 0 Å². The predicted molar refractivity (Wildman–Crippen MR) is 109 cm³/mol. The summed E-state index contributed by atoms with van der Waals surface area (Å²) in [5.41, 5.74) is 1.28. The molecule has 28 heavy (non-hydrogen) atoms. The van der Waals surface area contributed by atoms with Gasteiger partial charge in [-0.05, 0) is 32.0 Å². The lowest BCUT2D eigenvalue weighted by Gasteiger charge is -2.36. The molecular formula is C21H33N3O4. The number of rotatable bonds is 7. The molecule has 2 heterocycles. The third kappa shape index (κ3) is 5.08. The van der Waals surface area contributed by atoms with Gasteiger partial charge in [-0.2, -0.15) is 0 Å². The number of aliphatic hydroxyl groups excluding tert-OH is 1. The van der Waals surface area contributed by atoms with Gasteiger partial charge in [-0.3, -0.25) is 4.79 Å². The second kappa shape index (κ2) is 9.98. The van der Waals surface area contributed by atoms with Crippen molar-refractivity contribution in [1.29, 1.82) is 0 Å². The van der Waals surface area contributed by atoms with Gasteiger partial charge in [-0.1, -0.05) is 13.3 Å². The Kier molecular flexibility index (Phi) is 7.39. The SMILES string of the molecule is CCCCN1CC[C@@H](CNC(=O)c2cc(NC)cc3c2OCCCO3)C(O)C1. The van der Waals surface area contributed by atoms with Gasteiger partial charge in [-0.25, -0.2) is 0 Å². The fourth-order valence-electron chi connectivity index (χ4n) is 3.77. The van der Waals surface area contributed by atoms with E-state index in [2.05, 4.69) is 22.5 Å². The van der Waals surface area contributed by atoms with Gasteiger partial charge >= 0.3 is 0 Å². The molecule has 3 rings (SSSR count). The Morgan fingerprint density at radius 1 is 1.32 bits per heavy atom. The Morgan fingerprint density at radius 2 is 2.14 bits per heavy atom. The first-order chi connectivity index (χ1) is 13.6. The number of ether oxygens (including phenoxy) is 2. The summed E-state index contributed by atoms with van der Waals surface area (Å²) in [5.74, 6) is 0.979. The van der Waals surface area contributed by atoms with Crippen molar-refractivity contribution in [2.75, 3.05) is 51.8 Å². The second-order valence-electron chi connectivity index (χ2n) is 7.63. The summed E-state index contributed by atoms with van der Waals surface area (Å²) in [6.45, 7) is 6.43. The number of fused-ring (bicyclic) bond motifs is 1. The summed E-state index contributed by atoms with van der Waals surface area (Å²) in [5, 5.41) is 16.5. The molecule has 1 fully saturated rings. The van der Waals surface area contributed by atoms with E-state index in [9.17, 15) is 9.90 Å². The monoisotopic (exact) mass is 391 g/mol. The van der Waals surface area contributed by atoms with Gasteiger partial charge in [0, 0.05) is 44.2 Å². The third-order valence-corrected chi connectivity index (χ3v) is 5.54. The largest absolute Gasteiger partial charge is 0.489 e. The Morgan fingerprint density at radius 3 is 2.89 bits per heavy atom. The molecular weight excluding hydrogens is 358 g/mol. The van der Waals surface area contributed by atoms with Crippen molar-refractivity contribution in [1.82, 2.24) is 10.2 Å². The summed E-state index contributed by atoms with van der Waals surface area (Å²) >= 11 is 0. The van der Waals surface area contributed by atoms with Gasteiger partial charge in [0.1, 0.15) is 0 Å². The summed E-state index contributed by atoms with van der Waals surface area (Å²) in [6.07, 6.45) is 3.58. The van der Waals surface area contributed by atoms with Crippen molar-refractivity contribution in [3.63, 3.8) is 0 Å². The number of unbranched alkanes of at least 4 members (excludes halogenated alkanes) is 1. The quantitative estimate of drug-likeness (QED) is 0.660. The van der Waals surface area contributed by atoms with Crippen molar-refractivity contribution in [3.05, 3.63) is 17.7 Å². The second-order valence-corrected chi connectivity index (χ2v) is 7.63. The van der Waals surface area contributed by atoms with Gasteiger partial charge in [0.05, 0.1) is 24.9 Å². The number of nitrogens with one attached hydrogen (secondary N) is 2. The van der Waals surface area contributed by atoms with Crippen LogP contribution in [0.2, 0.25) is 0 Å². The van der Waals surface area contributed by atoms with Crippen LogP contribution < -0.4 is 20.1 Å². The number of likely N-dealkylation sites (tertiary alicyclic amines) is 1. The highest BCUT2D eigenvalue weighted by molar-refractivity contribution is 5.99. The number of amides is 1. The van der Waals surface area contributed by atoms with Crippen LogP contribution in [0.1, 0.15) is 43.0 Å². The van der Waals surface area contributed by atoms with Crippen molar-refractivity contribution in [2.24, 2.45) is 5.92 Å². The van der Waals surface area contributed by atoms with E-state index in [4.69, 9.17) is 9.47 Å². The molecule has 1 aromatic rings. The molecule has 1 unspecified atom stereocenters. The number of aliphatic hydroxyl groups is 1. The number of hydrogen-bond acceptors (Lipinski definition) is 6. The zero-order valence-corrected chi connectivity index (χ0v) is 17.0. The number of anilines is 1. The molecule has 3 N–H and O–H groups in total. The lowest BCUT2D eigenvalue weighted by molar-refractivity contribution is 0.0217. The van der Waals surface area contributed by atoms with Crippen LogP contribution in [-0.2, 0) is 0 Å². The minimum absolute atomic E-state index is 0.0741. The Labute approximate surface area is 167 Å². The number of piperidine rings is 1. The van der Waals surface area contributed by atoms with Crippen molar-refractivity contribution in [2.45, 2.75) is 38.7 Å². The zero-order chi connectivity index (χ0) is 19.9. The molecule has 0 bridgehead atoms. The molecule has 1 aromatic carbocycles. The molecule has 2 atom stereocenters. The molecule has 0 aromatic heterocycles. The standard InChI is InChI=1S/C21H33N3O4/c1-3-4-7-24-8-6-15(18(25)14-24)13-23-21(26)17-11-16(22-2)12-19-20(17)28-10-5-9-27-19/h11-12,15,18,22,25H,3-10,13-14H2,1-2H3,(H,23,26)/t15-,18?/m0/s1. The van der Waals surface area contributed by atoms with E-state index in [0.29, 0.717) is 43.4 Å². The lowest BCUT2D eigenvalue weighted by atomic mass is 9.93. The maximum absolute atomic E-state index is 12.9. The van der Waals surface area contributed by atoms with Gasteiger partial charge in [-0.15, -0.1) is 0 Å². The number of benzene rings is 1. The molecule has 2 aliphatic rings. The number of β-amino-alcohol motifs (C(OH)–C–C–N with tert-alkyl or cyclic N) is 1. The van der Waals surface area contributed by atoms with Crippen LogP contribution in [0.4, 0.5) is 5.69 Å². The van der Waals surface area contributed by atoms with E-state index in [1.165, 1.54) is 0 Å². The maximum atomic E-state index is 12.9. The molecule has 156 valence electrons. The fraction of sp³-hybridized carbons (Fsp3) is 0.667. The predicted octanol–water partition coefficient (Wildman–Crippen LogP) is 2.10. The molecule has 0 saturated carbocycles. The minimum atomic E-state index is -0.411. The van der Waals surface area contributed by atoms with Crippen LogP contribution in [0.15, 0.2) is 12.1 Å². The van der Waals surface area contributed by atoms with Gasteiger partial charge in [0.2, 0.25) is 0 Å². The first kappa shape index (κ1) is 20.7. The molecule has 1 saturated heterocycles. The molecule has 2 aliphatic heterocycles. The van der Waals surface area contributed by atoms with E-state index in [1.54, 1.807) is 6.07 Å². The maximum Gasteiger partial charge on any atom is 0.255 e. The van der Waals surface area contributed by atoms with Crippen LogP contribution in [0.25, 0.3) is 0 Å². The highest BCUT2D eigenvalue weighted by Crippen LogP contribution is 2.36. The van der Waals surface area contributed by atoms with Gasteiger partial charge in [0.15, 0.2) is 11.5 Å². The molecule has 7 heteroatoms.